The van der Waals surface area contributed by atoms with Crippen molar-refractivity contribution in [2.75, 3.05) is 0 Å². The molecule has 0 aromatic carbocycles. The molecule has 0 saturated heterocycles. The van der Waals surface area contributed by atoms with Crippen molar-refractivity contribution in [1.29, 1.82) is 0 Å². The van der Waals surface area contributed by atoms with Crippen LogP contribution in [0.1, 0.15) is 25.5 Å². The van der Waals surface area contributed by atoms with E-state index < -0.39 is 0 Å². The number of aromatic nitrogens is 2. The monoisotopic (exact) mass is 246 g/mol. The zero-order valence-electron chi connectivity index (χ0n) is 8.00. The smallest absolute Gasteiger partial charge is 0.0635 e. The van der Waals surface area contributed by atoms with E-state index in [0.29, 0.717) is 0 Å². The van der Waals surface area contributed by atoms with E-state index in [1.54, 1.807) is 6.20 Å². The van der Waals surface area contributed by atoms with Crippen LogP contribution in [0.2, 0.25) is 0 Å². The summed E-state index contributed by atoms with van der Waals surface area (Å²) in [4.78, 5) is 0. The minimum Gasteiger partial charge on any atom is -0.393 e. The van der Waals surface area contributed by atoms with E-state index >= 15 is 0 Å². The third kappa shape index (κ3) is 2.81. The number of nitrogens with zero attached hydrogens (tertiary/aromatic N) is 2. The summed E-state index contributed by atoms with van der Waals surface area (Å²) in [5.74, 6) is 0. The highest BCUT2D eigenvalue weighted by molar-refractivity contribution is 9.10. The number of halogens is 1. The molecule has 0 aliphatic heterocycles. The molecule has 3 nitrogen and oxygen atoms in total. The van der Waals surface area contributed by atoms with Gasteiger partial charge in [0, 0.05) is 7.05 Å². The number of aliphatic hydroxyl groups is 1. The second-order valence-electron chi connectivity index (χ2n) is 3.16. The lowest BCUT2D eigenvalue weighted by molar-refractivity contribution is 0.160. The molecule has 1 atom stereocenters. The van der Waals surface area contributed by atoms with E-state index in [1.807, 2.05) is 18.7 Å². The third-order valence-electron chi connectivity index (χ3n) is 2.20. The molecule has 0 spiro atoms. The molecule has 0 aliphatic carbocycles. The van der Waals surface area contributed by atoms with Crippen molar-refractivity contribution >= 4 is 15.9 Å². The molecule has 74 valence electrons. The van der Waals surface area contributed by atoms with Gasteiger partial charge in [-0.1, -0.05) is 6.92 Å². The summed E-state index contributed by atoms with van der Waals surface area (Å²) >= 11 is 3.42. The van der Waals surface area contributed by atoms with E-state index in [2.05, 4.69) is 21.0 Å². The van der Waals surface area contributed by atoms with Crippen LogP contribution in [0.3, 0.4) is 0 Å². The molecule has 1 aromatic heterocycles. The lowest BCUT2D eigenvalue weighted by Gasteiger charge is -2.07. The molecule has 0 aliphatic rings. The van der Waals surface area contributed by atoms with Gasteiger partial charge in [-0.25, -0.2) is 0 Å². The standard InChI is InChI=1S/C9H15BrN2O/c1-3-7(13)4-5-9-8(10)6-11-12(9)2/h6-7,13H,3-5H2,1-2H3. The van der Waals surface area contributed by atoms with Gasteiger partial charge < -0.3 is 5.11 Å². The average Bonchev–Trinajstić information content (AvgIpc) is 2.43. The summed E-state index contributed by atoms with van der Waals surface area (Å²) in [5, 5.41) is 13.5. The number of aryl methyl sites for hydroxylation is 1. The number of hydrogen-bond donors (Lipinski definition) is 1. The van der Waals surface area contributed by atoms with Crippen LogP contribution in [0.5, 0.6) is 0 Å². The molecule has 1 aromatic rings. The Balaban J connectivity index is 2.53. The van der Waals surface area contributed by atoms with Gasteiger partial charge in [-0.3, -0.25) is 4.68 Å². The van der Waals surface area contributed by atoms with Crippen molar-refractivity contribution in [3.63, 3.8) is 0 Å². The summed E-state index contributed by atoms with van der Waals surface area (Å²) in [6.45, 7) is 1.99. The van der Waals surface area contributed by atoms with E-state index in [-0.39, 0.29) is 6.10 Å². The topological polar surface area (TPSA) is 38.1 Å². The number of aliphatic hydroxyl groups excluding tert-OH is 1. The average molecular weight is 247 g/mol. The van der Waals surface area contributed by atoms with Gasteiger partial charge in [-0.15, -0.1) is 0 Å². The van der Waals surface area contributed by atoms with Crippen LogP contribution in [0, 0.1) is 0 Å². The normalized spacial score (nSPS) is 13.2. The maximum absolute atomic E-state index is 9.39. The molecule has 0 bridgehead atoms. The predicted molar refractivity (Wildman–Crippen MR) is 55.5 cm³/mol. The fourth-order valence-electron chi connectivity index (χ4n) is 1.22. The van der Waals surface area contributed by atoms with Gasteiger partial charge in [0.1, 0.15) is 0 Å². The van der Waals surface area contributed by atoms with Crippen molar-refractivity contribution < 1.29 is 5.11 Å². The molecule has 0 saturated carbocycles. The highest BCUT2D eigenvalue weighted by atomic mass is 79.9. The van der Waals surface area contributed by atoms with Crippen LogP contribution in [0.4, 0.5) is 0 Å². The first-order valence-electron chi connectivity index (χ1n) is 4.49. The van der Waals surface area contributed by atoms with E-state index in [1.165, 1.54) is 0 Å². The van der Waals surface area contributed by atoms with Gasteiger partial charge in [-0.2, -0.15) is 5.10 Å². The van der Waals surface area contributed by atoms with Crippen molar-refractivity contribution in [3.8, 4) is 0 Å². The molecule has 1 rings (SSSR count). The first kappa shape index (κ1) is 10.7. The molecular weight excluding hydrogens is 232 g/mol. The Bertz CT molecular complexity index is 253. The summed E-state index contributed by atoms with van der Waals surface area (Å²) in [5.41, 5.74) is 1.15. The van der Waals surface area contributed by atoms with Gasteiger partial charge in [-0.05, 0) is 35.2 Å². The van der Waals surface area contributed by atoms with Crippen LogP contribution in [0.25, 0.3) is 0 Å². The summed E-state index contributed by atoms with van der Waals surface area (Å²) in [6.07, 6.45) is 4.07. The Morgan fingerprint density at radius 2 is 2.38 bits per heavy atom. The fraction of sp³-hybridized carbons (Fsp3) is 0.667. The van der Waals surface area contributed by atoms with E-state index in [9.17, 15) is 5.11 Å². The zero-order valence-corrected chi connectivity index (χ0v) is 9.58. The van der Waals surface area contributed by atoms with Crippen LogP contribution >= 0.6 is 15.9 Å². The second kappa shape index (κ2) is 4.77. The van der Waals surface area contributed by atoms with Crippen LogP contribution in [0.15, 0.2) is 10.7 Å². The number of hydrogen-bond acceptors (Lipinski definition) is 2. The van der Waals surface area contributed by atoms with Crippen LogP contribution < -0.4 is 0 Å². The molecule has 1 heterocycles. The molecule has 0 fully saturated rings. The van der Waals surface area contributed by atoms with Crippen LogP contribution in [-0.4, -0.2) is 21.0 Å². The molecule has 0 radical (unpaired) electrons. The van der Waals surface area contributed by atoms with Crippen molar-refractivity contribution in [2.45, 2.75) is 32.3 Å². The molecule has 0 amide bonds. The summed E-state index contributed by atoms with van der Waals surface area (Å²) in [6, 6.07) is 0. The third-order valence-corrected chi connectivity index (χ3v) is 2.86. The lowest BCUT2D eigenvalue weighted by atomic mass is 10.1. The SMILES string of the molecule is CCC(O)CCc1c(Br)cnn1C. The van der Waals surface area contributed by atoms with Crippen molar-refractivity contribution in [1.82, 2.24) is 9.78 Å². The Morgan fingerprint density at radius 3 is 2.85 bits per heavy atom. The van der Waals surface area contributed by atoms with Gasteiger partial charge in [0.05, 0.1) is 22.5 Å². The van der Waals surface area contributed by atoms with Gasteiger partial charge in [0.2, 0.25) is 0 Å². The molecule has 1 N–H and O–H groups in total. The first-order chi connectivity index (χ1) is 6.15. The summed E-state index contributed by atoms with van der Waals surface area (Å²) < 4.78 is 2.87. The Morgan fingerprint density at radius 1 is 1.69 bits per heavy atom. The Kier molecular flexibility index (Phi) is 3.93. The van der Waals surface area contributed by atoms with E-state index in [0.717, 1.165) is 29.4 Å². The highest BCUT2D eigenvalue weighted by Gasteiger charge is 2.08. The second-order valence-corrected chi connectivity index (χ2v) is 4.02. The van der Waals surface area contributed by atoms with Gasteiger partial charge in [0.15, 0.2) is 0 Å². The van der Waals surface area contributed by atoms with Gasteiger partial charge in [0.25, 0.3) is 0 Å². The first-order valence-corrected chi connectivity index (χ1v) is 5.29. The van der Waals surface area contributed by atoms with Gasteiger partial charge >= 0.3 is 0 Å². The Labute approximate surface area is 86.9 Å². The fourth-order valence-corrected chi connectivity index (χ4v) is 1.77. The highest BCUT2D eigenvalue weighted by Crippen LogP contribution is 2.17. The van der Waals surface area contributed by atoms with E-state index in [4.69, 9.17) is 0 Å². The Hall–Kier alpha value is -0.350. The molecular formula is C9H15BrN2O. The maximum Gasteiger partial charge on any atom is 0.0635 e. The van der Waals surface area contributed by atoms with Crippen molar-refractivity contribution in [3.05, 3.63) is 16.4 Å². The van der Waals surface area contributed by atoms with Crippen molar-refractivity contribution in [2.24, 2.45) is 7.05 Å². The quantitative estimate of drug-likeness (QED) is 0.882. The maximum atomic E-state index is 9.39. The molecule has 1 unspecified atom stereocenters. The zero-order chi connectivity index (χ0) is 9.84. The summed E-state index contributed by atoms with van der Waals surface area (Å²) in [7, 11) is 1.92. The minimum absolute atomic E-state index is 0.193. The number of rotatable bonds is 4. The largest absolute Gasteiger partial charge is 0.393 e. The predicted octanol–water partition coefficient (Wildman–Crippen LogP) is 1.89. The lowest BCUT2D eigenvalue weighted by Crippen LogP contribution is -2.08. The molecule has 13 heavy (non-hydrogen) atoms. The minimum atomic E-state index is -0.193. The molecule has 4 heteroatoms. The van der Waals surface area contributed by atoms with Crippen LogP contribution in [-0.2, 0) is 13.5 Å².